The van der Waals surface area contributed by atoms with Crippen LogP contribution in [0.5, 0.6) is 17.2 Å². The molecule has 0 saturated heterocycles. The summed E-state index contributed by atoms with van der Waals surface area (Å²) in [4.78, 5) is 39.8. The molecule has 0 unspecified atom stereocenters. The van der Waals surface area contributed by atoms with Crippen LogP contribution in [0.3, 0.4) is 0 Å². The molecule has 1 aromatic heterocycles. The molecule has 0 amide bonds. The Morgan fingerprint density at radius 1 is 0.829 bits per heavy atom. The van der Waals surface area contributed by atoms with Gasteiger partial charge in [0, 0.05) is 12.5 Å². The number of fused-ring (bicyclic) bond motifs is 3. The lowest BCUT2D eigenvalue weighted by atomic mass is 9.87. The van der Waals surface area contributed by atoms with E-state index in [-0.39, 0.29) is 27.5 Å². The van der Waals surface area contributed by atoms with E-state index in [1.54, 1.807) is 74.5 Å². The fourth-order valence-electron chi connectivity index (χ4n) is 4.81. The first-order chi connectivity index (χ1) is 19.6. The lowest BCUT2D eigenvalue weighted by Crippen LogP contribution is -2.52. The molecule has 1 aliphatic heterocycles. The minimum Gasteiger partial charge on any atom is -0.497 e. The van der Waals surface area contributed by atoms with Crippen molar-refractivity contribution in [3.63, 3.8) is 0 Å². The molecule has 41 heavy (non-hydrogen) atoms. The molecule has 4 aromatic rings. The molecule has 2 atom stereocenters. The van der Waals surface area contributed by atoms with Crippen LogP contribution in [0.15, 0.2) is 75.9 Å². The predicted octanol–water partition coefficient (Wildman–Crippen LogP) is 5.67. The van der Waals surface area contributed by atoms with Gasteiger partial charge in [-0.15, -0.1) is 0 Å². The third-order valence-corrected chi connectivity index (χ3v) is 7.03. The Kier molecular flexibility index (Phi) is 7.45. The highest BCUT2D eigenvalue weighted by atomic mass is 16.6. The molecule has 1 aliphatic rings. The summed E-state index contributed by atoms with van der Waals surface area (Å²) in [6, 6.07) is 17.5. The van der Waals surface area contributed by atoms with Crippen LogP contribution < -0.4 is 19.6 Å². The molecule has 9 heteroatoms. The van der Waals surface area contributed by atoms with Crippen LogP contribution >= 0.6 is 0 Å². The smallest absolute Gasteiger partial charge is 0.338 e. The number of aryl methyl sites for hydroxylation is 1. The maximum atomic E-state index is 13.5. The summed E-state index contributed by atoms with van der Waals surface area (Å²) in [6.07, 6.45) is -1.83. The zero-order chi connectivity index (χ0) is 29.3. The maximum absolute atomic E-state index is 13.5. The van der Waals surface area contributed by atoms with E-state index in [9.17, 15) is 14.4 Å². The number of esters is 2. The molecule has 0 fully saturated rings. The van der Waals surface area contributed by atoms with Gasteiger partial charge in [-0.3, -0.25) is 4.79 Å². The lowest BCUT2D eigenvalue weighted by Gasteiger charge is -2.43. The van der Waals surface area contributed by atoms with Gasteiger partial charge in [-0.2, -0.15) is 0 Å². The van der Waals surface area contributed by atoms with Gasteiger partial charge in [0.2, 0.25) is 0 Å². The second-order valence-electron chi connectivity index (χ2n) is 10.1. The van der Waals surface area contributed by atoms with Gasteiger partial charge in [-0.1, -0.05) is 6.92 Å². The lowest BCUT2D eigenvalue weighted by molar-refractivity contribution is -0.122. The monoisotopic (exact) mass is 558 g/mol. The summed E-state index contributed by atoms with van der Waals surface area (Å²) < 4.78 is 34.9. The maximum Gasteiger partial charge on any atom is 0.338 e. The number of carbonyl (C=O) groups is 2. The number of carbonyl (C=O) groups excluding carboxylic acids is 2. The van der Waals surface area contributed by atoms with Gasteiger partial charge < -0.3 is 28.1 Å². The second kappa shape index (κ2) is 11.0. The van der Waals surface area contributed by atoms with Crippen LogP contribution in [0.25, 0.3) is 11.0 Å². The predicted molar refractivity (Wildman–Crippen MR) is 150 cm³/mol. The van der Waals surface area contributed by atoms with Crippen molar-refractivity contribution >= 4 is 22.9 Å². The number of hydrogen-bond acceptors (Lipinski definition) is 9. The minimum absolute atomic E-state index is 0.209. The topological polar surface area (TPSA) is 110 Å². The average Bonchev–Trinajstić information content (AvgIpc) is 2.98. The van der Waals surface area contributed by atoms with E-state index < -0.39 is 29.7 Å². The van der Waals surface area contributed by atoms with Crippen molar-refractivity contribution in [1.29, 1.82) is 0 Å². The zero-order valence-corrected chi connectivity index (χ0v) is 23.4. The van der Waals surface area contributed by atoms with Crippen molar-refractivity contribution in [3.05, 3.63) is 99.4 Å². The van der Waals surface area contributed by atoms with Crippen molar-refractivity contribution in [3.8, 4) is 17.2 Å². The summed E-state index contributed by atoms with van der Waals surface area (Å²) in [5, 5.41) is 0.287. The Labute approximate surface area is 236 Å². The van der Waals surface area contributed by atoms with Crippen LogP contribution in [-0.2, 0) is 15.9 Å². The normalized spacial score (nSPS) is 17.2. The van der Waals surface area contributed by atoms with Gasteiger partial charge in [0.25, 0.3) is 0 Å². The highest BCUT2D eigenvalue weighted by Gasteiger charge is 2.50. The van der Waals surface area contributed by atoms with E-state index >= 15 is 0 Å². The van der Waals surface area contributed by atoms with Crippen LogP contribution in [0.1, 0.15) is 58.9 Å². The Morgan fingerprint density at radius 2 is 1.39 bits per heavy atom. The molecule has 0 radical (unpaired) electrons. The van der Waals surface area contributed by atoms with E-state index in [2.05, 4.69) is 0 Å². The summed E-state index contributed by atoms with van der Waals surface area (Å²) in [6.45, 7) is 5.33. The van der Waals surface area contributed by atoms with E-state index in [1.165, 1.54) is 20.3 Å². The molecular formula is C32H30O9. The first kappa shape index (κ1) is 27.8. The molecule has 0 spiro atoms. The van der Waals surface area contributed by atoms with Gasteiger partial charge in [0.15, 0.2) is 17.6 Å². The molecule has 3 aromatic carbocycles. The first-order valence-electron chi connectivity index (χ1n) is 13.1. The molecule has 2 heterocycles. The fourth-order valence-corrected chi connectivity index (χ4v) is 4.81. The molecule has 9 nitrogen and oxygen atoms in total. The van der Waals surface area contributed by atoms with Crippen molar-refractivity contribution in [1.82, 2.24) is 0 Å². The van der Waals surface area contributed by atoms with Crippen molar-refractivity contribution in [2.75, 3.05) is 14.2 Å². The van der Waals surface area contributed by atoms with Crippen molar-refractivity contribution < 1.29 is 37.7 Å². The molecular weight excluding hydrogens is 528 g/mol. The first-order valence-corrected chi connectivity index (χ1v) is 13.1. The quantitative estimate of drug-likeness (QED) is 0.265. The average molecular weight is 559 g/mol. The Hall–Kier alpha value is -4.79. The van der Waals surface area contributed by atoms with E-state index in [4.69, 9.17) is 28.1 Å². The van der Waals surface area contributed by atoms with Crippen LogP contribution in [0.4, 0.5) is 0 Å². The third-order valence-electron chi connectivity index (χ3n) is 7.03. The van der Waals surface area contributed by atoms with Crippen LogP contribution in [0.2, 0.25) is 0 Å². The molecule has 0 saturated carbocycles. The highest BCUT2D eigenvalue weighted by Crippen LogP contribution is 2.47. The van der Waals surface area contributed by atoms with Crippen LogP contribution in [-0.4, -0.2) is 37.9 Å². The molecule has 0 aliphatic carbocycles. The molecule has 5 rings (SSSR count). The van der Waals surface area contributed by atoms with Crippen molar-refractivity contribution in [2.45, 2.75) is 45.0 Å². The summed E-state index contributed by atoms with van der Waals surface area (Å²) in [5.74, 6) is 0.634. The van der Waals surface area contributed by atoms with E-state index in [0.717, 1.165) is 0 Å². The third kappa shape index (κ3) is 5.35. The standard InChI is InChI=1S/C32H30O9/c1-6-20-17-24(33)23-15-16-25-26(27(23)38-20)28(39-30(34)18-7-11-21(36-4)12-8-18)29(32(2,3)41-25)40-31(35)19-9-13-22(37-5)14-10-19/h7-17,28-29H,6H2,1-5H3/t28-,29-/m1/s1. The molecule has 0 bridgehead atoms. The number of benzene rings is 3. The molecule has 212 valence electrons. The number of methoxy groups -OCH3 is 2. The van der Waals surface area contributed by atoms with Crippen LogP contribution in [0, 0.1) is 0 Å². The van der Waals surface area contributed by atoms with Crippen molar-refractivity contribution in [2.24, 2.45) is 0 Å². The van der Waals surface area contributed by atoms with E-state index in [1.807, 2.05) is 6.92 Å². The van der Waals surface area contributed by atoms with Gasteiger partial charge >= 0.3 is 11.9 Å². The number of rotatable bonds is 7. The van der Waals surface area contributed by atoms with E-state index in [0.29, 0.717) is 35.0 Å². The van der Waals surface area contributed by atoms with Gasteiger partial charge in [-0.25, -0.2) is 9.59 Å². The zero-order valence-electron chi connectivity index (χ0n) is 23.4. The Balaban J connectivity index is 1.63. The fraction of sp³-hybridized carbons (Fsp3) is 0.281. The largest absolute Gasteiger partial charge is 0.497 e. The summed E-state index contributed by atoms with van der Waals surface area (Å²) in [7, 11) is 3.06. The SMILES string of the molecule is CCc1cc(=O)c2ccc3c(c2o1)[C@@H](OC(=O)c1ccc(OC)cc1)[C@@H](OC(=O)c1ccc(OC)cc1)C(C)(C)O3. The molecule has 0 N–H and O–H groups in total. The summed E-state index contributed by atoms with van der Waals surface area (Å²) >= 11 is 0. The van der Waals surface area contributed by atoms with Gasteiger partial charge in [-0.05, 0) is 74.5 Å². The number of ether oxygens (including phenoxy) is 5. The van der Waals surface area contributed by atoms with Gasteiger partial charge in [0.05, 0.1) is 36.3 Å². The highest BCUT2D eigenvalue weighted by molar-refractivity contribution is 5.91. The minimum atomic E-state index is -1.18. The Morgan fingerprint density at radius 3 is 1.93 bits per heavy atom. The van der Waals surface area contributed by atoms with Gasteiger partial charge in [0.1, 0.15) is 34.2 Å². The Bertz CT molecular complexity index is 1650. The summed E-state index contributed by atoms with van der Waals surface area (Å²) in [5.41, 5.74) is -0.346. The second-order valence-corrected chi connectivity index (χ2v) is 10.1. The number of hydrogen-bond donors (Lipinski definition) is 0.